The molecule has 2 N–H and O–H groups in total. The van der Waals surface area contributed by atoms with Crippen LogP contribution in [-0.2, 0) is 9.53 Å². The van der Waals surface area contributed by atoms with Crippen molar-refractivity contribution in [2.45, 2.75) is 0 Å². The third-order valence-corrected chi connectivity index (χ3v) is 6.53. The van der Waals surface area contributed by atoms with Crippen molar-refractivity contribution in [2.24, 2.45) is 0 Å². The Balaban J connectivity index is 1.28. The summed E-state index contributed by atoms with van der Waals surface area (Å²) in [5, 5.41) is 10.7. The van der Waals surface area contributed by atoms with E-state index in [4.69, 9.17) is 4.74 Å². The number of rotatable bonds is 9. The van der Waals surface area contributed by atoms with Crippen molar-refractivity contribution in [1.82, 2.24) is 19.5 Å². The standard InChI is InChI=1S/C28H31N7O2/c1-3-28(36)32-23-6-4-5-21(17-23)25-19-30-35-20-29-27(18-26(25)35)31-22-7-9-24(10-8-22)34-13-11-33(12-14-34)15-16-37-2/h3-10,17-20,31H,1,11-16H2,2H3,(H,32,36). The molecule has 2 aromatic heterocycles. The zero-order chi connectivity index (χ0) is 25.6. The largest absolute Gasteiger partial charge is 0.383 e. The summed E-state index contributed by atoms with van der Waals surface area (Å²) in [6, 6.07) is 18.1. The Hall–Kier alpha value is -4.21. The van der Waals surface area contributed by atoms with Gasteiger partial charge in [0.25, 0.3) is 0 Å². The van der Waals surface area contributed by atoms with Gasteiger partial charge in [-0.05, 0) is 48.0 Å². The molecule has 0 radical (unpaired) electrons. The molecule has 9 heteroatoms. The predicted molar refractivity (Wildman–Crippen MR) is 148 cm³/mol. The van der Waals surface area contributed by atoms with E-state index in [2.05, 4.69) is 61.4 Å². The van der Waals surface area contributed by atoms with Crippen molar-refractivity contribution in [3.8, 4) is 11.1 Å². The van der Waals surface area contributed by atoms with E-state index in [9.17, 15) is 4.79 Å². The third kappa shape index (κ3) is 5.79. The van der Waals surface area contributed by atoms with Crippen molar-refractivity contribution >= 4 is 34.3 Å². The van der Waals surface area contributed by atoms with Gasteiger partial charge in [0, 0.05) is 68.5 Å². The van der Waals surface area contributed by atoms with Crippen LogP contribution in [0.5, 0.6) is 0 Å². The summed E-state index contributed by atoms with van der Waals surface area (Å²) in [7, 11) is 1.75. The van der Waals surface area contributed by atoms with E-state index in [-0.39, 0.29) is 5.91 Å². The average Bonchev–Trinajstić information content (AvgIpc) is 3.36. The second kappa shape index (κ2) is 11.2. The minimum Gasteiger partial charge on any atom is -0.383 e. The molecule has 3 heterocycles. The Bertz CT molecular complexity index is 1380. The summed E-state index contributed by atoms with van der Waals surface area (Å²) < 4.78 is 6.94. The molecule has 0 spiro atoms. The minimum absolute atomic E-state index is 0.247. The molecule has 37 heavy (non-hydrogen) atoms. The molecule has 4 aromatic rings. The van der Waals surface area contributed by atoms with Crippen LogP contribution < -0.4 is 15.5 Å². The highest BCUT2D eigenvalue weighted by Gasteiger charge is 2.17. The monoisotopic (exact) mass is 497 g/mol. The molecule has 1 aliphatic rings. The van der Waals surface area contributed by atoms with Crippen LogP contribution in [0.3, 0.4) is 0 Å². The van der Waals surface area contributed by atoms with Gasteiger partial charge in [-0.2, -0.15) is 5.10 Å². The lowest BCUT2D eigenvalue weighted by Crippen LogP contribution is -2.47. The number of nitrogens with zero attached hydrogens (tertiary/aromatic N) is 5. The smallest absolute Gasteiger partial charge is 0.247 e. The third-order valence-electron chi connectivity index (χ3n) is 6.53. The van der Waals surface area contributed by atoms with Crippen LogP contribution in [0.25, 0.3) is 16.6 Å². The van der Waals surface area contributed by atoms with Crippen molar-refractivity contribution in [3.05, 3.63) is 79.8 Å². The average molecular weight is 498 g/mol. The predicted octanol–water partition coefficient (Wildman–Crippen LogP) is 4.03. The topological polar surface area (TPSA) is 87.0 Å². The molecule has 9 nitrogen and oxygen atoms in total. The van der Waals surface area contributed by atoms with E-state index in [0.717, 1.165) is 67.5 Å². The van der Waals surface area contributed by atoms with Crippen LogP contribution in [0.15, 0.2) is 79.8 Å². The summed E-state index contributed by atoms with van der Waals surface area (Å²) in [5.41, 5.74) is 5.69. The van der Waals surface area contributed by atoms with Crippen molar-refractivity contribution in [3.63, 3.8) is 0 Å². The Labute approximate surface area is 216 Å². The number of carbonyl (C=O) groups is 1. The molecule has 1 amide bonds. The molecule has 0 aliphatic carbocycles. The quantitative estimate of drug-likeness (QED) is 0.338. The zero-order valence-corrected chi connectivity index (χ0v) is 20.9. The molecule has 1 fully saturated rings. The van der Waals surface area contributed by atoms with Gasteiger partial charge in [0.1, 0.15) is 12.1 Å². The maximum absolute atomic E-state index is 11.7. The lowest BCUT2D eigenvalue weighted by atomic mass is 10.1. The lowest BCUT2D eigenvalue weighted by molar-refractivity contribution is -0.111. The van der Waals surface area contributed by atoms with Gasteiger partial charge >= 0.3 is 0 Å². The van der Waals surface area contributed by atoms with Crippen LogP contribution >= 0.6 is 0 Å². The molecule has 1 saturated heterocycles. The Kier molecular flexibility index (Phi) is 7.43. The van der Waals surface area contributed by atoms with Gasteiger partial charge in [-0.1, -0.05) is 18.7 Å². The minimum atomic E-state index is -0.247. The van der Waals surface area contributed by atoms with Crippen molar-refractivity contribution < 1.29 is 9.53 Å². The summed E-state index contributed by atoms with van der Waals surface area (Å²) in [6.07, 6.45) is 4.75. The van der Waals surface area contributed by atoms with Gasteiger partial charge in [0.2, 0.25) is 5.91 Å². The number of fused-ring (bicyclic) bond motifs is 1. The van der Waals surface area contributed by atoms with Crippen LogP contribution in [-0.4, -0.2) is 71.8 Å². The zero-order valence-electron chi connectivity index (χ0n) is 20.9. The SMILES string of the molecule is C=CC(=O)Nc1cccc(-c2cnn3cnc(Nc4ccc(N5CCN(CCOC)CC5)cc4)cc23)c1. The second-order valence-electron chi connectivity index (χ2n) is 8.93. The number of hydrogen-bond acceptors (Lipinski definition) is 7. The van der Waals surface area contributed by atoms with E-state index in [1.165, 1.54) is 11.8 Å². The van der Waals surface area contributed by atoms with Gasteiger partial charge in [0.15, 0.2) is 0 Å². The van der Waals surface area contributed by atoms with Gasteiger partial charge in [-0.15, -0.1) is 0 Å². The fraction of sp³-hybridized carbons (Fsp3) is 0.250. The Morgan fingerprint density at radius 3 is 2.65 bits per heavy atom. The number of piperazine rings is 1. The molecule has 2 aromatic carbocycles. The number of anilines is 4. The molecule has 0 unspecified atom stereocenters. The van der Waals surface area contributed by atoms with E-state index in [1.54, 1.807) is 24.1 Å². The van der Waals surface area contributed by atoms with E-state index in [0.29, 0.717) is 5.69 Å². The second-order valence-corrected chi connectivity index (χ2v) is 8.93. The number of ether oxygens (including phenoxy) is 1. The highest BCUT2D eigenvalue weighted by Crippen LogP contribution is 2.29. The first kappa shape index (κ1) is 24.5. The van der Waals surface area contributed by atoms with Crippen LogP contribution in [0.4, 0.5) is 22.9 Å². The van der Waals surface area contributed by atoms with Crippen LogP contribution in [0, 0.1) is 0 Å². The number of nitrogens with one attached hydrogen (secondary N) is 2. The molecule has 0 bridgehead atoms. The summed E-state index contributed by atoms with van der Waals surface area (Å²) in [4.78, 5) is 21.1. The summed E-state index contributed by atoms with van der Waals surface area (Å²) in [5.74, 6) is 0.480. The molecule has 0 atom stereocenters. The first-order valence-electron chi connectivity index (χ1n) is 12.3. The molecular formula is C28H31N7O2. The summed E-state index contributed by atoms with van der Waals surface area (Å²) >= 11 is 0. The Morgan fingerprint density at radius 1 is 1.08 bits per heavy atom. The van der Waals surface area contributed by atoms with Gasteiger partial charge < -0.3 is 20.3 Å². The molecule has 1 aliphatic heterocycles. The fourth-order valence-corrected chi connectivity index (χ4v) is 4.49. The normalized spacial score (nSPS) is 14.0. The number of hydrogen-bond donors (Lipinski definition) is 2. The number of amides is 1. The van der Waals surface area contributed by atoms with E-state index in [1.807, 2.05) is 30.3 Å². The van der Waals surface area contributed by atoms with Crippen LogP contribution in [0.2, 0.25) is 0 Å². The molecule has 190 valence electrons. The van der Waals surface area contributed by atoms with Crippen LogP contribution in [0.1, 0.15) is 0 Å². The first-order valence-corrected chi connectivity index (χ1v) is 12.3. The highest BCUT2D eigenvalue weighted by atomic mass is 16.5. The van der Waals surface area contributed by atoms with Crippen molar-refractivity contribution in [1.29, 1.82) is 0 Å². The van der Waals surface area contributed by atoms with E-state index < -0.39 is 0 Å². The number of aromatic nitrogens is 3. The Morgan fingerprint density at radius 2 is 1.89 bits per heavy atom. The first-order chi connectivity index (χ1) is 18.1. The maximum atomic E-state index is 11.7. The number of methoxy groups -OCH3 is 1. The molecular weight excluding hydrogens is 466 g/mol. The summed E-state index contributed by atoms with van der Waals surface area (Å²) in [6.45, 7) is 9.39. The van der Waals surface area contributed by atoms with Gasteiger partial charge in [-0.25, -0.2) is 9.50 Å². The van der Waals surface area contributed by atoms with Gasteiger partial charge in [-0.3, -0.25) is 9.69 Å². The lowest BCUT2D eigenvalue weighted by Gasteiger charge is -2.36. The molecule has 0 saturated carbocycles. The fourth-order valence-electron chi connectivity index (χ4n) is 4.49. The molecule has 5 rings (SSSR count). The highest BCUT2D eigenvalue weighted by molar-refractivity contribution is 5.99. The maximum Gasteiger partial charge on any atom is 0.247 e. The van der Waals surface area contributed by atoms with E-state index >= 15 is 0 Å². The van der Waals surface area contributed by atoms with Gasteiger partial charge in [0.05, 0.1) is 18.3 Å². The van der Waals surface area contributed by atoms with Crippen molar-refractivity contribution in [2.75, 3.05) is 62.0 Å². The number of carbonyl (C=O) groups excluding carboxylic acids is 1. The number of benzene rings is 2.